The van der Waals surface area contributed by atoms with E-state index in [1.807, 2.05) is 18.2 Å². The number of nitrogens with zero attached hydrogens (tertiary/aromatic N) is 3. The summed E-state index contributed by atoms with van der Waals surface area (Å²) in [6.07, 6.45) is 1.81. The molecular formula is C18H19N5O3S2. The lowest BCUT2D eigenvalue weighted by molar-refractivity contribution is -0.113. The van der Waals surface area contributed by atoms with Crippen LogP contribution in [0.3, 0.4) is 0 Å². The average molecular weight is 418 g/mol. The van der Waals surface area contributed by atoms with Crippen molar-refractivity contribution in [3.8, 4) is 17.0 Å². The van der Waals surface area contributed by atoms with Crippen LogP contribution in [0.2, 0.25) is 0 Å². The zero-order valence-corrected chi connectivity index (χ0v) is 17.0. The number of aromatic nitrogens is 4. The summed E-state index contributed by atoms with van der Waals surface area (Å²) < 4.78 is 5.21. The predicted octanol–water partition coefficient (Wildman–Crippen LogP) is 2.98. The summed E-state index contributed by atoms with van der Waals surface area (Å²) in [5.41, 5.74) is 0.983. The lowest BCUT2D eigenvalue weighted by atomic mass is 10.1. The molecule has 28 heavy (non-hydrogen) atoms. The van der Waals surface area contributed by atoms with Crippen molar-refractivity contribution in [2.75, 3.05) is 18.2 Å². The number of thioether (sulfide) groups is 1. The molecule has 0 unspecified atom stereocenters. The van der Waals surface area contributed by atoms with Crippen molar-refractivity contribution in [2.24, 2.45) is 0 Å². The highest BCUT2D eigenvalue weighted by Crippen LogP contribution is 2.23. The number of nitrogens with one attached hydrogen (secondary N) is 2. The fourth-order valence-corrected chi connectivity index (χ4v) is 3.88. The van der Waals surface area contributed by atoms with E-state index in [4.69, 9.17) is 4.74 Å². The lowest BCUT2D eigenvalue weighted by Gasteiger charge is -2.06. The van der Waals surface area contributed by atoms with Gasteiger partial charge in [0.25, 0.3) is 5.56 Å². The van der Waals surface area contributed by atoms with Gasteiger partial charge in [-0.1, -0.05) is 42.2 Å². The van der Waals surface area contributed by atoms with Crippen molar-refractivity contribution < 1.29 is 9.53 Å². The average Bonchev–Trinajstić information content (AvgIpc) is 3.13. The van der Waals surface area contributed by atoms with Crippen LogP contribution in [0.5, 0.6) is 5.75 Å². The number of carbonyl (C=O) groups excluding carboxylic acids is 1. The molecule has 2 N–H and O–H groups in total. The first-order chi connectivity index (χ1) is 13.6. The third kappa shape index (κ3) is 5.40. The van der Waals surface area contributed by atoms with Gasteiger partial charge in [0.1, 0.15) is 10.8 Å². The molecule has 3 rings (SSSR count). The Hall–Kier alpha value is -2.72. The number of aromatic amines is 1. The van der Waals surface area contributed by atoms with Crippen molar-refractivity contribution >= 4 is 34.1 Å². The van der Waals surface area contributed by atoms with Crippen molar-refractivity contribution in [2.45, 2.75) is 24.9 Å². The molecule has 0 aliphatic carbocycles. The number of rotatable bonds is 8. The number of anilines is 1. The summed E-state index contributed by atoms with van der Waals surface area (Å²) in [4.78, 5) is 31.2. The van der Waals surface area contributed by atoms with E-state index in [0.29, 0.717) is 21.7 Å². The van der Waals surface area contributed by atoms with Gasteiger partial charge in [-0.05, 0) is 18.6 Å². The summed E-state index contributed by atoms with van der Waals surface area (Å²) >= 11 is 2.51. The van der Waals surface area contributed by atoms with Crippen molar-refractivity contribution in [1.29, 1.82) is 0 Å². The molecular weight excluding hydrogens is 398 g/mol. The first-order valence-corrected chi connectivity index (χ1v) is 10.4. The number of amides is 1. The summed E-state index contributed by atoms with van der Waals surface area (Å²) in [7, 11) is 1.58. The standard InChI is InChI=1S/C18H19N5O3S2/c1-3-5-16-22-23-18(28-16)21-15(25)10-27-17-19-13(9-14(24)20-17)11-6-4-7-12(8-11)26-2/h4,6-9H,3,5,10H2,1-2H3,(H,19,20,24)(H,21,23,25). The minimum atomic E-state index is -0.288. The van der Waals surface area contributed by atoms with Gasteiger partial charge in [0, 0.05) is 18.1 Å². The van der Waals surface area contributed by atoms with Crippen LogP contribution in [0.15, 0.2) is 40.3 Å². The van der Waals surface area contributed by atoms with Gasteiger partial charge in [-0.2, -0.15) is 0 Å². The van der Waals surface area contributed by atoms with Crippen molar-refractivity contribution in [1.82, 2.24) is 20.2 Å². The molecule has 2 heterocycles. The topological polar surface area (TPSA) is 110 Å². The molecule has 10 heteroatoms. The summed E-state index contributed by atoms with van der Waals surface area (Å²) in [6, 6.07) is 8.69. The molecule has 0 atom stereocenters. The number of aryl methyl sites for hydroxylation is 1. The van der Waals surface area contributed by atoms with Crippen LogP contribution in [0.25, 0.3) is 11.3 Å². The molecule has 146 valence electrons. The van der Waals surface area contributed by atoms with Crippen LogP contribution < -0.4 is 15.6 Å². The van der Waals surface area contributed by atoms with E-state index in [1.54, 1.807) is 13.2 Å². The Bertz CT molecular complexity index is 1020. The molecule has 1 aromatic carbocycles. The van der Waals surface area contributed by atoms with Gasteiger partial charge in [-0.3, -0.25) is 14.9 Å². The van der Waals surface area contributed by atoms with Gasteiger partial charge in [-0.25, -0.2) is 4.98 Å². The number of hydrogen-bond acceptors (Lipinski definition) is 8. The van der Waals surface area contributed by atoms with E-state index < -0.39 is 0 Å². The van der Waals surface area contributed by atoms with Crippen LogP contribution in [0.1, 0.15) is 18.4 Å². The highest BCUT2D eigenvalue weighted by atomic mass is 32.2. The zero-order valence-electron chi connectivity index (χ0n) is 15.4. The van der Waals surface area contributed by atoms with Crippen LogP contribution in [0, 0.1) is 0 Å². The first kappa shape index (κ1) is 20.0. The zero-order chi connectivity index (χ0) is 19.9. The Labute approximate surface area is 169 Å². The SMILES string of the molecule is CCCc1nnc(NC(=O)CSc2nc(-c3cccc(OC)c3)cc(=O)[nH]2)s1. The van der Waals surface area contributed by atoms with Gasteiger partial charge in [0.15, 0.2) is 5.16 Å². The predicted molar refractivity (Wildman–Crippen MR) is 110 cm³/mol. The van der Waals surface area contributed by atoms with Crippen molar-refractivity contribution in [3.63, 3.8) is 0 Å². The molecule has 0 spiro atoms. The summed E-state index contributed by atoms with van der Waals surface area (Å²) in [5.74, 6) is 0.527. The largest absolute Gasteiger partial charge is 0.497 e. The van der Waals surface area contributed by atoms with Crippen molar-refractivity contribution in [3.05, 3.63) is 45.7 Å². The Kier molecular flexibility index (Phi) is 6.77. The van der Waals surface area contributed by atoms with Gasteiger partial charge in [0.05, 0.1) is 18.6 Å². The number of methoxy groups -OCH3 is 1. The quantitative estimate of drug-likeness (QED) is 0.428. The monoisotopic (exact) mass is 417 g/mol. The second kappa shape index (κ2) is 9.47. The van der Waals surface area contributed by atoms with Gasteiger partial charge in [0.2, 0.25) is 11.0 Å². The third-order valence-corrected chi connectivity index (χ3v) is 5.37. The Balaban J connectivity index is 1.66. The van der Waals surface area contributed by atoms with E-state index in [-0.39, 0.29) is 17.2 Å². The van der Waals surface area contributed by atoms with Gasteiger partial charge < -0.3 is 9.72 Å². The lowest BCUT2D eigenvalue weighted by Crippen LogP contribution is -2.15. The minimum Gasteiger partial charge on any atom is -0.497 e. The molecule has 0 aliphatic heterocycles. The fourth-order valence-electron chi connectivity index (χ4n) is 2.34. The first-order valence-electron chi connectivity index (χ1n) is 8.58. The van der Waals surface area contributed by atoms with Crippen LogP contribution in [-0.2, 0) is 11.2 Å². The molecule has 0 saturated carbocycles. The molecule has 0 fully saturated rings. The number of carbonyl (C=O) groups is 1. The minimum absolute atomic E-state index is 0.0905. The molecule has 0 aliphatic rings. The maximum Gasteiger partial charge on any atom is 0.252 e. The van der Waals surface area contributed by atoms with Crippen LogP contribution in [-0.4, -0.2) is 38.9 Å². The molecule has 8 nitrogen and oxygen atoms in total. The van der Waals surface area contributed by atoms with E-state index in [0.717, 1.165) is 35.2 Å². The molecule has 0 saturated heterocycles. The number of H-pyrrole nitrogens is 1. The Morgan fingerprint density at radius 1 is 1.32 bits per heavy atom. The van der Waals surface area contributed by atoms with Crippen LogP contribution >= 0.6 is 23.1 Å². The van der Waals surface area contributed by atoms with E-state index >= 15 is 0 Å². The number of benzene rings is 1. The van der Waals surface area contributed by atoms with E-state index in [2.05, 4.69) is 32.4 Å². The molecule has 1 amide bonds. The second-order valence-corrected chi connectivity index (χ2v) is 7.78. The maximum absolute atomic E-state index is 12.1. The molecule has 3 aromatic rings. The van der Waals surface area contributed by atoms with E-state index in [1.165, 1.54) is 17.4 Å². The number of hydrogen-bond donors (Lipinski definition) is 2. The third-order valence-electron chi connectivity index (χ3n) is 3.60. The van der Waals surface area contributed by atoms with E-state index in [9.17, 15) is 9.59 Å². The molecule has 2 aromatic heterocycles. The second-order valence-electron chi connectivity index (χ2n) is 5.76. The number of ether oxygens (including phenoxy) is 1. The maximum atomic E-state index is 12.1. The Morgan fingerprint density at radius 2 is 2.18 bits per heavy atom. The Morgan fingerprint density at radius 3 is 2.96 bits per heavy atom. The molecule has 0 radical (unpaired) electrons. The normalized spacial score (nSPS) is 10.6. The summed E-state index contributed by atoms with van der Waals surface area (Å²) in [5, 5.41) is 12.4. The smallest absolute Gasteiger partial charge is 0.252 e. The van der Waals surface area contributed by atoms with Gasteiger partial charge in [-0.15, -0.1) is 10.2 Å². The fraction of sp³-hybridized carbons (Fsp3) is 0.278. The highest BCUT2D eigenvalue weighted by Gasteiger charge is 2.11. The highest BCUT2D eigenvalue weighted by molar-refractivity contribution is 7.99. The van der Waals surface area contributed by atoms with Crippen LogP contribution in [0.4, 0.5) is 5.13 Å². The van der Waals surface area contributed by atoms with Gasteiger partial charge >= 0.3 is 0 Å². The summed E-state index contributed by atoms with van der Waals surface area (Å²) in [6.45, 7) is 2.06. The molecule has 0 bridgehead atoms.